The Morgan fingerprint density at radius 2 is 1.74 bits per heavy atom. The van der Waals surface area contributed by atoms with Gasteiger partial charge in [-0.15, -0.1) is 0 Å². The standard InChI is InChI=1S/C19H29N3O5/c1-19(2,3)27-18(25)22-15(16(23)20-4)11-8-12-21-17(24)26-13-14-9-6-5-7-10-14/h5-7,9-10,15H,8,11-13H2,1-4H3,(H,20,23)(H,21,24)(H,22,25)/t15-/m0/s1. The summed E-state index contributed by atoms with van der Waals surface area (Å²) < 4.78 is 10.3. The van der Waals surface area contributed by atoms with Crippen LogP contribution in [0.4, 0.5) is 9.59 Å². The van der Waals surface area contributed by atoms with Gasteiger partial charge in [0.25, 0.3) is 0 Å². The molecule has 150 valence electrons. The maximum Gasteiger partial charge on any atom is 0.408 e. The molecule has 8 heteroatoms. The first-order chi connectivity index (χ1) is 12.7. The quantitative estimate of drug-likeness (QED) is 0.601. The molecule has 1 aromatic rings. The van der Waals surface area contributed by atoms with E-state index in [1.165, 1.54) is 7.05 Å². The van der Waals surface area contributed by atoms with Crippen LogP contribution in [0.1, 0.15) is 39.2 Å². The van der Waals surface area contributed by atoms with E-state index in [0.717, 1.165) is 5.56 Å². The van der Waals surface area contributed by atoms with Gasteiger partial charge in [-0.2, -0.15) is 0 Å². The number of nitrogens with one attached hydrogen (secondary N) is 3. The molecule has 0 aromatic heterocycles. The summed E-state index contributed by atoms with van der Waals surface area (Å²) in [5, 5.41) is 7.66. The summed E-state index contributed by atoms with van der Waals surface area (Å²) in [7, 11) is 1.49. The van der Waals surface area contributed by atoms with Crippen LogP contribution in [0.25, 0.3) is 0 Å². The first-order valence-corrected chi connectivity index (χ1v) is 8.87. The summed E-state index contributed by atoms with van der Waals surface area (Å²) in [5.41, 5.74) is 0.246. The number of ether oxygens (including phenoxy) is 2. The molecule has 0 aliphatic heterocycles. The molecule has 8 nitrogen and oxygen atoms in total. The zero-order chi connectivity index (χ0) is 20.3. The molecule has 0 radical (unpaired) electrons. The van der Waals surface area contributed by atoms with Crippen LogP contribution in [0.2, 0.25) is 0 Å². The van der Waals surface area contributed by atoms with Gasteiger partial charge in [0.05, 0.1) is 0 Å². The number of benzene rings is 1. The van der Waals surface area contributed by atoms with Gasteiger partial charge in [-0.25, -0.2) is 9.59 Å². The molecule has 3 amide bonds. The third-order valence-electron chi connectivity index (χ3n) is 3.41. The van der Waals surface area contributed by atoms with Crippen molar-refractivity contribution in [1.82, 2.24) is 16.0 Å². The Labute approximate surface area is 160 Å². The van der Waals surface area contributed by atoms with Crippen LogP contribution in [0.15, 0.2) is 30.3 Å². The molecule has 0 aliphatic rings. The van der Waals surface area contributed by atoms with E-state index in [4.69, 9.17) is 9.47 Å². The molecule has 1 aromatic carbocycles. The van der Waals surface area contributed by atoms with Crippen molar-refractivity contribution in [1.29, 1.82) is 0 Å². The second-order valence-electron chi connectivity index (χ2n) is 6.94. The average molecular weight is 379 g/mol. The van der Waals surface area contributed by atoms with E-state index in [-0.39, 0.29) is 12.5 Å². The largest absolute Gasteiger partial charge is 0.445 e. The zero-order valence-corrected chi connectivity index (χ0v) is 16.3. The van der Waals surface area contributed by atoms with Crippen LogP contribution in [0.5, 0.6) is 0 Å². The predicted octanol–water partition coefficient (Wildman–Crippen LogP) is 2.33. The smallest absolute Gasteiger partial charge is 0.408 e. The van der Waals surface area contributed by atoms with Crippen LogP contribution < -0.4 is 16.0 Å². The molecule has 1 atom stereocenters. The molecule has 0 aliphatic carbocycles. The lowest BCUT2D eigenvalue weighted by Gasteiger charge is -2.23. The van der Waals surface area contributed by atoms with Gasteiger partial charge in [-0.3, -0.25) is 4.79 Å². The lowest BCUT2D eigenvalue weighted by molar-refractivity contribution is -0.122. The molecule has 0 fully saturated rings. The van der Waals surface area contributed by atoms with E-state index in [1.807, 2.05) is 30.3 Å². The molecule has 0 saturated carbocycles. The number of hydrogen-bond acceptors (Lipinski definition) is 5. The SMILES string of the molecule is CNC(=O)[C@H](CCCNC(=O)OCc1ccccc1)NC(=O)OC(C)(C)C. The normalized spacial score (nSPS) is 11.9. The lowest BCUT2D eigenvalue weighted by Crippen LogP contribution is -2.47. The molecular formula is C19H29N3O5. The minimum Gasteiger partial charge on any atom is -0.445 e. The van der Waals surface area contributed by atoms with E-state index < -0.39 is 23.8 Å². The number of amides is 3. The molecule has 27 heavy (non-hydrogen) atoms. The van der Waals surface area contributed by atoms with Crippen molar-refractivity contribution in [2.24, 2.45) is 0 Å². The number of rotatable bonds is 8. The minimum atomic E-state index is -0.744. The van der Waals surface area contributed by atoms with Crippen molar-refractivity contribution in [2.75, 3.05) is 13.6 Å². The highest BCUT2D eigenvalue weighted by atomic mass is 16.6. The first kappa shape index (κ1) is 22.3. The van der Waals surface area contributed by atoms with Gasteiger partial charge in [0.1, 0.15) is 18.2 Å². The Hall–Kier alpha value is -2.77. The van der Waals surface area contributed by atoms with E-state index >= 15 is 0 Å². The summed E-state index contributed by atoms with van der Waals surface area (Å²) in [5.74, 6) is -0.326. The van der Waals surface area contributed by atoms with Crippen molar-refractivity contribution >= 4 is 18.1 Å². The third-order valence-corrected chi connectivity index (χ3v) is 3.41. The number of alkyl carbamates (subject to hydrolysis) is 2. The Morgan fingerprint density at radius 3 is 2.33 bits per heavy atom. The highest BCUT2D eigenvalue weighted by molar-refractivity contribution is 5.85. The van der Waals surface area contributed by atoms with Crippen molar-refractivity contribution in [3.8, 4) is 0 Å². The van der Waals surface area contributed by atoms with Gasteiger partial charge < -0.3 is 25.4 Å². The van der Waals surface area contributed by atoms with Gasteiger partial charge >= 0.3 is 12.2 Å². The fraction of sp³-hybridized carbons (Fsp3) is 0.526. The van der Waals surface area contributed by atoms with Gasteiger partial charge in [0, 0.05) is 13.6 Å². The summed E-state index contributed by atoms with van der Waals surface area (Å²) in [6, 6.07) is 8.61. The summed E-state index contributed by atoms with van der Waals surface area (Å²) in [6.07, 6.45) is -0.367. The van der Waals surface area contributed by atoms with E-state index in [0.29, 0.717) is 19.4 Å². The van der Waals surface area contributed by atoms with Crippen molar-refractivity contribution in [2.45, 2.75) is 51.9 Å². The molecule has 1 rings (SSSR count). The predicted molar refractivity (Wildman–Crippen MR) is 101 cm³/mol. The lowest BCUT2D eigenvalue weighted by atomic mass is 10.1. The van der Waals surface area contributed by atoms with E-state index in [2.05, 4.69) is 16.0 Å². The van der Waals surface area contributed by atoms with Crippen molar-refractivity contribution < 1.29 is 23.9 Å². The number of carbonyl (C=O) groups excluding carboxylic acids is 3. The fourth-order valence-electron chi connectivity index (χ4n) is 2.16. The fourth-order valence-corrected chi connectivity index (χ4v) is 2.16. The second-order valence-corrected chi connectivity index (χ2v) is 6.94. The van der Waals surface area contributed by atoms with Gasteiger partial charge in [-0.05, 0) is 39.2 Å². The Morgan fingerprint density at radius 1 is 1.07 bits per heavy atom. The van der Waals surface area contributed by atoms with Gasteiger partial charge in [0.2, 0.25) is 5.91 Å². The highest BCUT2D eigenvalue weighted by Crippen LogP contribution is 2.08. The Bertz CT molecular complexity index is 614. The number of likely N-dealkylation sites (N-methyl/N-ethyl adjacent to an activating group) is 1. The van der Waals surface area contributed by atoms with E-state index in [9.17, 15) is 14.4 Å². The van der Waals surface area contributed by atoms with Crippen molar-refractivity contribution in [3.63, 3.8) is 0 Å². The Kier molecular flexibility index (Phi) is 9.12. The maximum absolute atomic E-state index is 11.9. The second kappa shape index (κ2) is 11.1. The van der Waals surface area contributed by atoms with Gasteiger partial charge in [0.15, 0.2) is 0 Å². The average Bonchev–Trinajstić information content (AvgIpc) is 2.61. The topological polar surface area (TPSA) is 106 Å². The first-order valence-electron chi connectivity index (χ1n) is 8.87. The van der Waals surface area contributed by atoms with Crippen LogP contribution in [0, 0.1) is 0 Å². The summed E-state index contributed by atoms with van der Waals surface area (Å²) >= 11 is 0. The minimum absolute atomic E-state index is 0.188. The van der Waals surface area contributed by atoms with Crippen LogP contribution in [-0.2, 0) is 20.9 Å². The van der Waals surface area contributed by atoms with Crippen LogP contribution in [-0.4, -0.2) is 43.3 Å². The zero-order valence-electron chi connectivity index (χ0n) is 16.3. The maximum atomic E-state index is 11.9. The van der Waals surface area contributed by atoms with Crippen LogP contribution >= 0.6 is 0 Å². The molecular weight excluding hydrogens is 350 g/mol. The van der Waals surface area contributed by atoms with E-state index in [1.54, 1.807) is 20.8 Å². The monoisotopic (exact) mass is 379 g/mol. The molecule has 0 spiro atoms. The van der Waals surface area contributed by atoms with Crippen LogP contribution in [0.3, 0.4) is 0 Å². The number of carbonyl (C=O) groups is 3. The molecule has 0 unspecified atom stereocenters. The molecule has 0 saturated heterocycles. The third kappa shape index (κ3) is 10.1. The Balaban J connectivity index is 2.33. The van der Waals surface area contributed by atoms with Gasteiger partial charge in [-0.1, -0.05) is 30.3 Å². The number of hydrogen-bond donors (Lipinski definition) is 3. The highest BCUT2D eigenvalue weighted by Gasteiger charge is 2.23. The molecule has 0 heterocycles. The summed E-state index contributed by atoms with van der Waals surface area (Å²) in [4.78, 5) is 35.4. The summed E-state index contributed by atoms with van der Waals surface area (Å²) in [6.45, 7) is 5.73. The molecule has 0 bridgehead atoms. The molecule has 3 N–H and O–H groups in total. The van der Waals surface area contributed by atoms with Crippen molar-refractivity contribution in [3.05, 3.63) is 35.9 Å².